The molecule has 1 saturated heterocycles. The molecule has 0 radical (unpaired) electrons. The summed E-state index contributed by atoms with van der Waals surface area (Å²) in [6.07, 6.45) is 2.23. The van der Waals surface area contributed by atoms with Crippen molar-refractivity contribution in [1.82, 2.24) is 0 Å². The second-order valence-corrected chi connectivity index (χ2v) is 9.09. The number of aryl methyl sites for hydroxylation is 2. The molecule has 0 saturated carbocycles. The standard InChI is InChI=1S/C20H22INO3S/c1-15-8-10-18(11-9-15)26(23,24)22-19-7-4-12-20(14-21,25-19)17-6-3-5-16(2)13-17/h3,5-6,8-11,13H,4,7,12,14H2,1-2H3/t20-/m0/s1. The lowest BCUT2D eigenvalue weighted by atomic mass is 9.87. The van der Waals surface area contributed by atoms with Gasteiger partial charge in [-0.15, -0.1) is 4.40 Å². The molecule has 1 atom stereocenters. The highest BCUT2D eigenvalue weighted by atomic mass is 127. The molecular formula is C20H22INO3S. The number of hydrogen-bond acceptors (Lipinski definition) is 3. The second kappa shape index (κ2) is 7.68. The average molecular weight is 483 g/mol. The first-order valence-corrected chi connectivity index (χ1v) is 11.5. The fourth-order valence-corrected chi connectivity index (χ4v) is 5.08. The van der Waals surface area contributed by atoms with E-state index in [0.717, 1.165) is 34.0 Å². The van der Waals surface area contributed by atoms with Crippen molar-refractivity contribution in [3.05, 3.63) is 65.2 Å². The number of sulfonamides is 1. The number of ether oxygens (including phenoxy) is 1. The van der Waals surface area contributed by atoms with Crippen molar-refractivity contribution in [2.24, 2.45) is 4.40 Å². The molecule has 0 unspecified atom stereocenters. The van der Waals surface area contributed by atoms with E-state index in [-0.39, 0.29) is 4.90 Å². The van der Waals surface area contributed by atoms with Crippen molar-refractivity contribution in [2.45, 2.75) is 43.6 Å². The van der Waals surface area contributed by atoms with Gasteiger partial charge in [0.25, 0.3) is 10.0 Å². The van der Waals surface area contributed by atoms with Crippen LogP contribution in [0.5, 0.6) is 0 Å². The van der Waals surface area contributed by atoms with Crippen LogP contribution in [0.1, 0.15) is 36.0 Å². The van der Waals surface area contributed by atoms with E-state index < -0.39 is 15.6 Å². The van der Waals surface area contributed by atoms with Crippen LogP contribution in [0.25, 0.3) is 0 Å². The van der Waals surface area contributed by atoms with Gasteiger partial charge in [-0.25, -0.2) is 0 Å². The second-order valence-electron chi connectivity index (χ2n) is 6.73. The van der Waals surface area contributed by atoms with Gasteiger partial charge in [0.15, 0.2) is 0 Å². The largest absolute Gasteiger partial charge is 0.468 e. The lowest BCUT2D eigenvalue weighted by Crippen LogP contribution is -2.38. The molecule has 1 fully saturated rings. The summed E-state index contributed by atoms with van der Waals surface area (Å²) in [6, 6.07) is 14.9. The quantitative estimate of drug-likeness (QED) is 0.458. The molecule has 0 aliphatic carbocycles. The summed E-state index contributed by atoms with van der Waals surface area (Å²) in [5.41, 5.74) is 2.72. The highest BCUT2D eigenvalue weighted by Crippen LogP contribution is 2.38. The Kier molecular flexibility index (Phi) is 5.72. The number of nitrogens with zero attached hydrogens (tertiary/aromatic N) is 1. The number of hydrogen-bond donors (Lipinski definition) is 0. The van der Waals surface area contributed by atoms with Crippen molar-refractivity contribution < 1.29 is 13.2 Å². The number of halogens is 1. The van der Waals surface area contributed by atoms with Gasteiger partial charge in [0.05, 0.1) is 4.90 Å². The normalized spacial score (nSPS) is 22.2. The molecule has 138 valence electrons. The third-order valence-corrected chi connectivity index (χ3v) is 7.13. The van der Waals surface area contributed by atoms with Gasteiger partial charge >= 0.3 is 0 Å². The molecule has 1 heterocycles. The Morgan fingerprint density at radius 2 is 1.85 bits per heavy atom. The summed E-state index contributed by atoms with van der Waals surface area (Å²) in [5.74, 6) is 0.301. The molecule has 4 nitrogen and oxygen atoms in total. The zero-order valence-corrected chi connectivity index (χ0v) is 17.9. The SMILES string of the molecule is Cc1ccc(S(=O)(=O)N=C2CCC[C@](CI)(c3cccc(C)c3)O2)cc1. The van der Waals surface area contributed by atoms with E-state index in [4.69, 9.17) is 4.74 Å². The summed E-state index contributed by atoms with van der Waals surface area (Å²) in [5, 5.41) is 0. The molecule has 2 aromatic carbocycles. The maximum Gasteiger partial charge on any atom is 0.285 e. The van der Waals surface area contributed by atoms with Gasteiger partial charge in [0.2, 0.25) is 5.90 Å². The predicted octanol–water partition coefficient (Wildman–Crippen LogP) is 4.92. The lowest BCUT2D eigenvalue weighted by molar-refractivity contribution is 0.0483. The fourth-order valence-electron chi connectivity index (χ4n) is 3.12. The maximum atomic E-state index is 12.6. The van der Waals surface area contributed by atoms with E-state index in [2.05, 4.69) is 33.1 Å². The molecule has 0 spiro atoms. The van der Waals surface area contributed by atoms with Crippen molar-refractivity contribution in [1.29, 1.82) is 0 Å². The van der Waals surface area contributed by atoms with Crippen LogP contribution in [-0.4, -0.2) is 18.7 Å². The van der Waals surface area contributed by atoms with Crippen LogP contribution < -0.4 is 0 Å². The van der Waals surface area contributed by atoms with E-state index in [1.807, 2.05) is 32.0 Å². The summed E-state index contributed by atoms with van der Waals surface area (Å²) >= 11 is 2.31. The molecule has 0 aromatic heterocycles. The summed E-state index contributed by atoms with van der Waals surface area (Å²) in [7, 11) is -3.76. The number of alkyl halides is 1. The molecule has 1 aliphatic heterocycles. The highest BCUT2D eigenvalue weighted by Gasteiger charge is 2.38. The van der Waals surface area contributed by atoms with Gasteiger partial charge < -0.3 is 4.74 Å². The van der Waals surface area contributed by atoms with Crippen LogP contribution in [0.3, 0.4) is 0 Å². The summed E-state index contributed by atoms with van der Waals surface area (Å²) in [4.78, 5) is 0.195. The van der Waals surface area contributed by atoms with Crippen LogP contribution in [0.15, 0.2) is 57.8 Å². The molecule has 0 amide bonds. The van der Waals surface area contributed by atoms with Gasteiger partial charge in [0, 0.05) is 10.8 Å². The predicted molar refractivity (Wildman–Crippen MR) is 112 cm³/mol. The zero-order valence-electron chi connectivity index (χ0n) is 14.9. The number of benzene rings is 2. The van der Waals surface area contributed by atoms with Gasteiger partial charge in [-0.2, -0.15) is 8.42 Å². The van der Waals surface area contributed by atoms with Gasteiger partial charge in [-0.1, -0.05) is 70.1 Å². The maximum absolute atomic E-state index is 12.6. The van der Waals surface area contributed by atoms with E-state index in [1.165, 1.54) is 0 Å². The molecular weight excluding hydrogens is 461 g/mol. The summed E-state index contributed by atoms with van der Waals surface area (Å²) < 4.78 is 36.2. The third-order valence-electron chi connectivity index (χ3n) is 4.59. The Hall–Kier alpha value is -1.41. The van der Waals surface area contributed by atoms with Crippen LogP contribution in [-0.2, 0) is 20.4 Å². The Balaban J connectivity index is 1.94. The van der Waals surface area contributed by atoms with Crippen molar-refractivity contribution in [3.8, 4) is 0 Å². The minimum absolute atomic E-state index is 0.195. The highest BCUT2D eigenvalue weighted by molar-refractivity contribution is 14.1. The first-order valence-electron chi connectivity index (χ1n) is 8.57. The monoisotopic (exact) mass is 483 g/mol. The zero-order chi connectivity index (χ0) is 18.8. The Labute approximate surface area is 168 Å². The Bertz CT molecular complexity index is 922. The lowest BCUT2D eigenvalue weighted by Gasteiger charge is -2.37. The van der Waals surface area contributed by atoms with E-state index in [0.29, 0.717) is 12.3 Å². The summed E-state index contributed by atoms with van der Waals surface area (Å²) in [6.45, 7) is 3.97. The molecule has 1 aliphatic rings. The third kappa shape index (κ3) is 4.11. The molecule has 2 aromatic rings. The minimum Gasteiger partial charge on any atom is -0.468 e. The molecule has 26 heavy (non-hydrogen) atoms. The van der Waals surface area contributed by atoms with Crippen LogP contribution in [0, 0.1) is 13.8 Å². The fraction of sp³-hybridized carbons (Fsp3) is 0.350. The van der Waals surface area contributed by atoms with Crippen LogP contribution in [0.4, 0.5) is 0 Å². The first kappa shape index (κ1) is 19.4. The number of rotatable bonds is 4. The molecule has 0 N–H and O–H groups in total. The average Bonchev–Trinajstić information content (AvgIpc) is 2.62. The van der Waals surface area contributed by atoms with Crippen LogP contribution >= 0.6 is 22.6 Å². The Morgan fingerprint density at radius 1 is 1.12 bits per heavy atom. The van der Waals surface area contributed by atoms with E-state index in [9.17, 15) is 8.42 Å². The minimum atomic E-state index is -3.76. The molecule has 0 bridgehead atoms. The molecule has 6 heteroatoms. The van der Waals surface area contributed by atoms with Gasteiger partial charge in [-0.05, 0) is 44.4 Å². The van der Waals surface area contributed by atoms with E-state index >= 15 is 0 Å². The molecule has 3 rings (SSSR count). The van der Waals surface area contributed by atoms with Crippen molar-refractivity contribution in [3.63, 3.8) is 0 Å². The van der Waals surface area contributed by atoms with E-state index in [1.54, 1.807) is 24.3 Å². The smallest absolute Gasteiger partial charge is 0.285 e. The Morgan fingerprint density at radius 3 is 2.50 bits per heavy atom. The van der Waals surface area contributed by atoms with Crippen LogP contribution in [0.2, 0.25) is 0 Å². The topological polar surface area (TPSA) is 55.7 Å². The van der Waals surface area contributed by atoms with Crippen molar-refractivity contribution in [2.75, 3.05) is 4.43 Å². The van der Waals surface area contributed by atoms with Gasteiger partial charge in [-0.3, -0.25) is 0 Å². The first-order chi connectivity index (χ1) is 12.3. The van der Waals surface area contributed by atoms with Gasteiger partial charge in [0.1, 0.15) is 5.60 Å². The van der Waals surface area contributed by atoms with Crippen molar-refractivity contribution >= 4 is 38.5 Å².